The molecule has 5 heteroatoms. The van der Waals surface area contributed by atoms with Crippen molar-refractivity contribution in [3.8, 4) is 0 Å². The van der Waals surface area contributed by atoms with Crippen LogP contribution in [-0.4, -0.2) is 18.2 Å². The summed E-state index contributed by atoms with van der Waals surface area (Å²) in [5, 5.41) is 0. The molecule has 0 unspecified atom stereocenters. The Morgan fingerprint density at radius 2 is 1.87 bits per heavy atom. The zero-order valence-electron chi connectivity index (χ0n) is 7.90. The summed E-state index contributed by atoms with van der Waals surface area (Å²) in [5.74, 6) is 4.17. The van der Waals surface area contributed by atoms with E-state index in [1.807, 2.05) is 0 Å². The third-order valence-corrected chi connectivity index (χ3v) is 2.30. The first-order chi connectivity index (χ1) is 7.13. The van der Waals surface area contributed by atoms with Gasteiger partial charge in [-0.25, -0.2) is 5.90 Å². The lowest BCUT2D eigenvalue weighted by molar-refractivity contribution is -0.122. The largest absolute Gasteiger partial charge is 0.297 e. The van der Waals surface area contributed by atoms with Gasteiger partial charge in [-0.1, -0.05) is 28.1 Å². The molecule has 0 fully saturated rings. The van der Waals surface area contributed by atoms with Gasteiger partial charge in [-0.2, -0.15) is 0 Å². The number of carbonyl (C=O) groups excluding carboxylic acids is 2. The number of ketones is 2. The molecule has 0 aliphatic carbocycles. The molecule has 0 amide bonds. The van der Waals surface area contributed by atoms with Gasteiger partial charge in [0.05, 0.1) is 6.42 Å². The molecule has 0 heterocycles. The SMILES string of the molecule is NOCC(=O)CC(=O)c1ccc(Br)cc1. The van der Waals surface area contributed by atoms with Crippen molar-refractivity contribution in [2.45, 2.75) is 6.42 Å². The van der Waals surface area contributed by atoms with Crippen molar-refractivity contribution in [3.05, 3.63) is 34.3 Å². The molecule has 4 nitrogen and oxygen atoms in total. The highest BCUT2D eigenvalue weighted by atomic mass is 79.9. The van der Waals surface area contributed by atoms with Crippen molar-refractivity contribution in [2.24, 2.45) is 5.90 Å². The minimum atomic E-state index is -0.328. The van der Waals surface area contributed by atoms with Gasteiger partial charge in [0.15, 0.2) is 11.6 Å². The summed E-state index contributed by atoms with van der Waals surface area (Å²) in [6.07, 6.45) is -0.182. The van der Waals surface area contributed by atoms with Crippen molar-refractivity contribution in [1.29, 1.82) is 0 Å². The highest BCUT2D eigenvalue weighted by Crippen LogP contribution is 2.11. The van der Waals surface area contributed by atoms with Crippen molar-refractivity contribution in [3.63, 3.8) is 0 Å². The highest BCUT2D eigenvalue weighted by molar-refractivity contribution is 9.10. The Labute approximate surface area is 95.5 Å². The standard InChI is InChI=1S/C10H10BrNO3/c11-8-3-1-7(2-4-8)10(14)5-9(13)6-15-12/h1-4H,5-6,12H2. The molecule has 0 atom stereocenters. The molecule has 1 aromatic carbocycles. The molecule has 1 aromatic rings. The summed E-state index contributed by atoms with van der Waals surface area (Å²) in [4.78, 5) is 26.7. The Kier molecular flexibility index (Phi) is 4.61. The van der Waals surface area contributed by atoms with E-state index in [0.29, 0.717) is 5.56 Å². The van der Waals surface area contributed by atoms with Crippen LogP contribution in [0.1, 0.15) is 16.8 Å². The quantitative estimate of drug-likeness (QED) is 0.500. The van der Waals surface area contributed by atoms with E-state index >= 15 is 0 Å². The van der Waals surface area contributed by atoms with Gasteiger partial charge in [-0.15, -0.1) is 0 Å². The molecule has 1 rings (SSSR count). The number of hydrogen-bond acceptors (Lipinski definition) is 4. The fourth-order valence-electron chi connectivity index (χ4n) is 1.06. The third kappa shape index (κ3) is 3.91. The van der Waals surface area contributed by atoms with Gasteiger partial charge in [-0.05, 0) is 12.1 Å². The molecule has 0 spiro atoms. The number of Topliss-reactive ketones (excluding diaryl/α,β-unsaturated/α-hetero) is 2. The van der Waals surface area contributed by atoms with Crippen LogP contribution in [0.3, 0.4) is 0 Å². The molecule has 2 N–H and O–H groups in total. The fourth-order valence-corrected chi connectivity index (χ4v) is 1.33. The Hall–Kier alpha value is -1.04. The summed E-state index contributed by atoms with van der Waals surface area (Å²) in [5.41, 5.74) is 0.503. The Morgan fingerprint density at radius 3 is 2.40 bits per heavy atom. The minimum Gasteiger partial charge on any atom is -0.297 e. The van der Waals surface area contributed by atoms with Gasteiger partial charge in [0.25, 0.3) is 0 Å². The first-order valence-corrected chi connectivity index (χ1v) is 5.05. The Morgan fingerprint density at radius 1 is 1.27 bits per heavy atom. The van der Waals surface area contributed by atoms with E-state index in [1.165, 1.54) is 0 Å². The van der Waals surface area contributed by atoms with E-state index < -0.39 is 0 Å². The summed E-state index contributed by atoms with van der Waals surface area (Å²) in [7, 11) is 0. The van der Waals surface area contributed by atoms with Crippen molar-refractivity contribution in [2.75, 3.05) is 6.61 Å². The first kappa shape index (κ1) is 12.0. The van der Waals surface area contributed by atoms with E-state index in [4.69, 9.17) is 5.90 Å². The molecule has 15 heavy (non-hydrogen) atoms. The van der Waals surface area contributed by atoms with Gasteiger partial charge in [0.1, 0.15) is 6.61 Å². The number of carbonyl (C=O) groups is 2. The van der Waals surface area contributed by atoms with E-state index in [9.17, 15) is 9.59 Å². The van der Waals surface area contributed by atoms with Gasteiger partial charge in [-0.3, -0.25) is 14.4 Å². The zero-order chi connectivity index (χ0) is 11.3. The van der Waals surface area contributed by atoms with Gasteiger partial charge >= 0.3 is 0 Å². The molecular weight excluding hydrogens is 262 g/mol. The average Bonchev–Trinajstić information content (AvgIpc) is 2.18. The summed E-state index contributed by atoms with van der Waals surface area (Å²) >= 11 is 3.26. The van der Waals surface area contributed by atoms with Crippen LogP contribution in [0.5, 0.6) is 0 Å². The fraction of sp³-hybridized carbons (Fsp3) is 0.200. The molecule has 0 saturated carbocycles. The van der Waals surface area contributed by atoms with Crippen LogP contribution in [0, 0.1) is 0 Å². The second-order valence-corrected chi connectivity index (χ2v) is 3.87. The molecule has 0 bridgehead atoms. The van der Waals surface area contributed by atoms with Crippen molar-refractivity contribution >= 4 is 27.5 Å². The Bertz CT molecular complexity index is 361. The number of benzene rings is 1. The van der Waals surface area contributed by atoms with E-state index in [0.717, 1.165) is 4.47 Å². The smallest absolute Gasteiger partial charge is 0.170 e. The van der Waals surface area contributed by atoms with Crippen LogP contribution in [0.2, 0.25) is 0 Å². The van der Waals surface area contributed by atoms with E-state index in [1.54, 1.807) is 24.3 Å². The maximum Gasteiger partial charge on any atom is 0.170 e. The predicted octanol–water partition coefficient (Wildman–Crippen LogP) is 1.48. The number of rotatable bonds is 5. The summed E-state index contributed by atoms with van der Waals surface area (Å²) in [6.45, 7) is -0.234. The van der Waals surface area contributed by atoms with E-state index in [2.05, 4.69) is 20.8 Å². The molecule has 0 aliphatic rings. The monoisotopic (exact) mass is 271 g/mol. The molecule has 80 valence electrons. The lowest BCUT2D eigenvalue weighted by atomic mass is 10.1. The van der Waals surface area contributed by atoms with E-state index in [-0.39, 0.29) is 24.6 Å². The lowest BCUT2D eigenvalue weighted by Crippen LogP contribution is -2.16. The molecule has 0 radical (unpaired) electrons. The van der Waals surface area contributed by atoms with Gasteiger partial charge in [0, 0.05) is 10.0 Å². The first-order valence-electron chi connectivity index (χ1n) is 4.25. The van der Waals surface area contributed by atoms with Crippen LogP contribution < -0.4 is 5.90 Å². The van der Waals surface area contributed by atoms with Crippen LogP contribution in [-0.2, 0) is 9.63 Å². The lowest BCUT2D eigenvalue weighted by Gasteiger charge is -2.00. The number of halogens is 1. The Balaban J connectivity index is 2.61. The van der Waals surface area contributed by atoms with Crippen molar-refractivity contribution < 1.29 is 14.4 Å². The van der Waals surface area contributed by atoms with Crippen molar-refractivity contribution in [1.82, 2.24) is 0 Å². The average molecular weight is 272 g/mol. The topological polar surface area (TPSA) is 69.4 Å². The van der Waals surface area contributed by atoms with Crippen LogP contribution in [0.25, 0.3) is 0 Å². The predicted molar refractivity (Wildman–Crippen MR) is 58.2 cm³/mol. The molecular formula is C10H10BrNO3. The molecule has 0 saturated heterocycles. The highest BCUT2D eigenvalue weighted by Gasteiger charge is 2.11. The zero-order valence-corrected chi connectivity index (χ0v) is 9.49. The second kappa shape index (κ2) is 5.75. The third-order valence-electron chi connectivity index (χ3n) is 1.77. The van der Waals surface area contributed by atoms with Gasteiger partial charge in [0.2, 0.25) is 0 Å². The normalized spacial score (nSPS) is 10.0. The molecule has 0 aliphatic heterocycles. The molecule has 0 aromatic heterocycles. The minimum absolute atomic E-state index is 0.182. The maximum absolute atomic E-state index is 11.5. The summed E-state index contributed by atoms with van der Waals surface area (Å²) < 4.78 is 0.885. The van der Waals surface area contributed by atoms with Crippen LogP contribution in [0.15, 0.2) is 28.7 Å². The summed E-state index contributed by atoms with van der Waals surface area (Å²) in [6, 6.07) is 6.81. The second-order valence-electron chi connectivity index (χ2n) is 2.96. The van der Waals surface area contributed by atoms with Gasteiger partial charge < -0.3 is 0 Å². The maximum atomic E-state index is 11.5. The number of nitrogens with two attached hydrogens (primary N) is 1. The van der Waals surface area contributed by atoms with Crippen LogP contribution >= 0.6 is 15.9 Å². The van der Waals surface area contributed by atoms with Crippen LogP contribution in [0.4, 0.5) is 0 Å². The number of hydrogen-bond donors (Lipinski definition) is 1.